The summed E-state index contributed by atoms with van der Waals surface area (Å²) in [4.78, 5) is 8.12. The van der Waals surface area contributed by atoms with Crippen LogP contribution in [-0.2, 0) is 0 Å². The van der Waals surface area contributed by atoms with E-state index in [1.807, 2.05) is 31.2 Å². The lowest BCUT2D eigenvalue weighted by molar-refractivity contribution is 0.414. The average molecular weight is 264 g/mol. The third kappa shape index (κ3) is 3.11. The molecule has 0 amide bonds. The SMILES string of the molecule is COc1ccc([C@H](C)Nc2cncc(Cl)n2)cc1. The second-order valence-corrected chi connectivity index (χ2v) is 4.25. The molecule has 1 aromatic heterocycles. The van der Waals surface area contributed by atoms with E-state index in [1.54, 1.807) is 13.3 Å². The summed E-state index contributed by atoms with van der Waals surface area (Å²) in [5.74, 6) is 1.50. The molecule has 18 heavy (non-hydrogen) atoms. The number of halogens is 1. The maximum Gasteiger partial charge on any atom is 0.149 e. The number of hydrogen-bond acceptors (Lipinski definition) is 4. The van der Waals surface area contributed by atoms with Crippen molar-refractivity contribution in [3.05, 3.63) is 47.4 Å². The molecule has 1 N–H and O–H groups in total. The van der Waals surface area contributed by atoms with Crippen LogP contribution in [0.3, 0.4) is 0 Å². The summed E-state index contributed by atoms with van der Waals surface area (Å²) in [5.41, 5.74) is 1.14. The van der Waals surface area contributed by atoms with Crippen LogP contribution >= 0.6 is 11.6 Å². The molecule has 0 saturated heterocycles. The van der Waals surface area contributed by atoms with E-state index in [0.717, 1.165) is 11.3 Å². The molecule has 0 aliphatic carbocycles. The summed E-state index contributed by atoms with van der Waals surface area (Å²) in [6.45, 7) is 2.05. The Morgan fingerprint density at radius 2 is 1.94 bits per heavy atom. The van der Waals surface area contributed by atoms with E-state index in [0.29, 0.717) is 11.0 Å². The second-order valence-electron chi connectivity index (χ2n) is 3.87. The van der Waals surface area contributed by atoms with Crippen molar-refractivity contribution < 1.29 is 4.74 Å². The van der Waals surface area contributed by atoms with Gasteiger partial charge in [-0.2, -0.15) is 0 Å². The fourth-order valence-corrected chi connectivity index (χ4v) is 1.76. The normalized spacial score (nSPS) is 11.9. The van der Waals surface area contributed by atoms with Gasteiger partial charge in [0.2, 0.25) is 0 Å². The third-order valence-electron chi connectivity index (χ3n) is 2.59. The number of hydrogen-bond donors (Lipinski definition) is 1. The highest BCUT2D eigenvalue weighted by Gasteiger charge is 2.06. The first-order valence-corrected chi connectivity index (χ1v) is 5.95. The summed E-state index contributed by atoms with van der Waals surface area (Å²) >= 11 is 5.78. The predicted molar refractivity (Wildman–Crippen MR) is 72.1 cm³/mol. The molecular weight excluding hydrogens is 250 g/mol. The maximum atomic E-state index is 5.78. The summed E-state index contributed by atoms with van der Waals surface area (Å²) in [5, 5.41) is 3.61. The van der Waals surface area contributed by atoms with E-state index in [-0.39, 0.29) is 6.04 Å². The van der Waals surface area contributed by atoms with Crippen molar-refractivity contribution in [2.24, 2.45) is 0 Å². The van der Waals surface area contributed by atoms with Crippen molar-refractivity contribution in [1.29, 1.82) is 0 Å². The van der Waals surface area contributed by atoms with Gasteiger partial charge in [0.1, 0.15) is 16.7 Å². The molecule has 1 heterocycles. The molecular formula is C13H14ClN3O. The molecule has 5 heteroatoms. The lowest BCUT2D eigenvalue weighted by Crippen LogP contribution is -2.08. The largest absolute Gasteiger partial charge is 0.497 e. The van der Waals surface area contributed by atoms with Gasteiger partial charge in [-0.15, -0.1) is 0 Å². The van der Waals surface area contributed by atoms with Crippen LogP contribution in [0.2, 0.25) is 5.15 Å². The Kier molecular flexibility index (Phi) is 3.99. The van der Waals surface area contributed by atoms with Gasteiger partial charge in [0, 0.05) is 6.04 Å². The van der Waals surface area contributed by atoms with Gasteiger partial charge in [-0.1, -0.05) is 23.7 Å². The number of aromatic nitrogens is 2. The monoisotopic (exact) mass is 263 g/mol. The number of ether oxygens (including phenoxy) is 1. The lowest BCUT2D eigenvalue weighted by atomic mass is 10.1. The molecule has 2 aromatic rings. The van der Waals surface area contributed by atoms with Crippen LogP contribution in [0.1, 0.15) is 18.5 Å². The fraction of sp³-hybridized carbons (Fsp3) is 0.231. The van der Waals surface area contributed by atoms with Gasteiger partial charge in [-0.3, -0.25) is 4.98 Å². The van der Waals surface area contributed by atoms with E-state index < -0.39 is 0 Å². The van der Waals surface area contributed by atoms with Gasteiger partial charge in [0.25, 0.3) is 0 Å². The minimum Gasteiger partial charge on any atom is -0.497 e. The molecule has 2 rings (SSSR count). The van der Waals surface area contributed by atoms with E-state index in [4.69, 9.17) is 16.3 Å². The second kappa shape index (κ2) is 5.69. The maximum absolute atomic E-state index is 5.78. The van der Waals surface area contributed by atoms with Crippen molar-refractivity contribution >= 4 is 17.4 Å². The van der Waals surface area contributed by atoms with E-state index in [9.17, 15) is 0 Å². The summed E-state index contributed by atoms with van der Waals surface area (Å²) < 4.78 is 5.12. The predicted octanol–water partition coefficient (Wildman–Crippen LogP) is 3.31. The topological polar surface area (TPSA) is 47.0 Å². The molecule has 1 aromatic carbocycles. The van der Waals surface area contributed by atoms with Gasteiger partial charge in [0.05, 0.1) is 19.5 Å². The molecule has 0 saturated carbocycles. The highest BCUT2D eigenvalue weighted by Crippen LogP contribution is 2.20. The zero-order chi connectivity index (χ0) is 13.0. The molecule has 0 bridgehead atoms. The molecule has 1 atom stereocenters. The van der Waals surface area contributed by atoms with Crippen LogP contribution in [0.25, 0.3) is 0 Å². The van der Waals surface area contributed by atoms with E-state index >= 15 is 0 Å². The number of nitrogens with zero attached hydrogens (tertiary/aromatic N) is 2. The number of methoxy groups -OCH3 is 1. The van der Waals surface area contributed by atoms with Crippen molar-refractivity contribution in [1.82, 2.24) is 9.97 Å². The lowest BCUT2D eigenvalue weighted by Gasteiger charge is -2.15. The highest BCUT2D eigenvalue weighted by atomic mass is 35.5. The Morgan fingerprint density at radius 1 is 1.22 bits per heavy atom. The molecule has 0 unspecified atom stereocenters. The molecule has 0 fully saturated rings. The van der Waals surface area contributed by atoms with Gasteiger partial charge >= 0.3 is 0 Å². The van der Waals surface area contributed by atoms with Crippen LogP contribution in [0.4, 0.5) is 5.82 Å². The summed E-state index contributed by atoms with van der Waals surface area (Å²) in [6, 6.07) is 7.99. The Labute approximate surface area is 111 Å². The molecule has 0 radical (unpaired) electrons. The Hall–Kier alpha value is -1.81. The van der Waals surface area contributed by atoms with Crippen LogP contribution in [0, 0.1) is 0 Å². The zero-order valence-corrected chi connectivity index (χ0v) is 11.0. The van der Waals surface area contributed by atoms with E-state index in [2.05, 4.69) is 15.3 Å². The summed E-state index contributed by atoms with van der Waals surface area (Å²) in [7, 11) is 1.65. The first-order chi connectivity index (χ1) is 8.69. The molecule has 0 spiro atoms. The Balaban J connectivity index is 2.09. The van der Waals surface area contributed by atoms with Crippen molar-refractivity contribution in [3.63, 3.8) is 0 Å². The molecule has 0 aliphatic rings. The first-order valence-electron chi connectivity index (χ1n) is 5.57. The van der Waals surface area contributed by atoms with Gasteiger partial charge in [0.15, 0.2) is 0 Å². The van der Waals surface area contributed by atoms with Gasteiger partial charge in [-0.25, -0.2) is 4.98 Å². The Morgan fingerprint density at radius 3 is 2.56 bits per heavy atom. The number of rotatable bonds is 4. The summed E-state index contributed by atoms with van der Waals surface area (Å²) in [6.07, 6.45) is 3.15. The quantitative estimate of drug-likeness (QED) is 0.919. The zero-order valence-electron chi connectivity index (χ0n) is 10.2. The average Bonchev–Trinajstić information content (AvgIpc) is 2.39. The highest BCUT2D eigenvalue weighted by molar-refractivity contribution is 6.29. The molecule has 4 nitrogen and oxygen atoms in total. The van der Waals surface area contributed by atoms with Crippen LogP contribution in [0.15, 0.2) is 36.7 Å². The van der Waals surface area contributed by atoms with Crippen LogP contribution in [0.5, 0.6) is 5.75 Å². The number of nitrogens with one attached hydrogen (secondary N) is 1. The van der Waals surface area contributed by atoms with Crippen LogP contribution in [-0.4, -0.2) is 17.1 Å². The molecule has 0 aliphatic heterocycles. The van der Waals surface area contributed by atoms with Crippen molar-refractivity contribution in [2.45, 2.75) is 13.0 Å². The first kappa shape index (κ1) is 12.6. The number of anilines is 1. The number of benzene rings is 1. The Bertz CT molecular complexity index is 516. The van der Waals surface area contributed by atoms with E-state index in [1.165, 1.54) is 6.20 Å². The van der Waals surface area contributed by atoms with Crippen molar-refractivity contribution in [3.8, 4) is 5.75 Å². The van der Waals surface area contributed by atoms with Crippen molar-refractivity contribution in [2.75, 3.05) is 12.4 Å². The standard InChI is InChI=1S/C13H14ClN3O/c1-9(10-3-5-11(18-2)6-4-10)16-13-8-15-7-12(14)17-13/h3-9H,1-2H3,(H,16,17)/t9-/m0/s1. The third-order valence-corrected chi connectivity index (χ3v) is 2.77. The minimum atomic E-state index is 0.115. The molecule has 94 valence electrons. The minimum absolute atomic E-state index is 0.115. The smallest absolute Gasteiger partial charge is 0.149 e. The van der Waals surface area contributed by atoms with Crippen LogP contribution < -0.4 is 10.1 Å². The fourth-order valence-electron chi connectivity index (χ4n) is 1.61. The van der Waals surface area contributed by atoms with Gasteiger partial charge < -0.3 is 10.1 Å². The van der Waals surface area contributed by atoms with Gasteiger partial charge in [-0.05, 0) is 24.6 Å².